The zero-order chi connectivity index (χ0) is 12.7. The van der Waals surface area contributed by atoms with Gasteiger partial charge in [-0.1, -0.05) is 18.2 Å². The van der Waals surface area contributed by atoms with E-state index in [2.05, 4.69) is 26.3 Å². The van der Waals surface area contributed by atoms with Gasteiger partial charge >= 0.3 is 0 Å². The van der Waals surface area contributed by atoms with E-state index in [-0.39, 0.29) is 11.8 Å². The Balaban J connectivity index is 1.89. The summed E-state index contributed by atoms with van der Waals surface area (Å²) in [7, 11) is 1.78. The molecule has 1 atom stereocenters. The van der Waals surface area contributed by atoms with Crippen LogP contribution in [0.2, 0.25) is 0 Å². The molecule has 1 aromatic heterocycles. The maximum atomic E-state index is 12.5. The number of hydrogen-bond acceptors (Lipinski definition) is 3. The summed E-state index contributed by atoms with van der Waals surface area (Å²) >= 11 is 3.37. The number of aromatic nitrogens is 2. The predicted octanol–water partition coefficient (Wildman–Crippen LogP) is 2.40. The summed E-state index contributed by atoms with van der Waals surface area (Å²) in [5.41, 5.74) is 2.85. The number of halogens is 1. The van der Waals surface area contributed by atoms with Crippen LogP contribution >= 0.6 is 15.9 Å². The summed E-state index contributed by atoms with van der Waals surface area (Å²) in [6.07, 6.45) is 2.38. The Labute approximate surface area is 113 Å². The first kappa shape index (κ1) is 11.5. The Morgan fingerprint density at radius 1 is 1.50 bits per heavy atom. The van der Waals surface area contributed by atoms with Gasteiger partial charge in [-0.05, 0) is 27.6 Å². The molecule has 4 nitrogen and oxygen atoms in total. The van der Waals surface area contributed by atoms with Gasteiger partial charge in [-0.15, -0.1) is 0 Å². The zero-order valence-corrected chi connectivity index (χ0v) is 11.4. The van der Waals surface area contributed by atoms with Crippen LogP contribution in [0.3, 0.4) is 0 Å². The lowest BCUT2D eigenvalue weighted by molar-refractivity contribution is 0.0961. The van der Waals surface area contributed by atoms with E-state index in [1.807, 2.05) is 24.3 Å². The fourth-order valence-electron chi connectivity index (χ4n) is 2.31. The molecule has 0 bridgehead atoms. The van der Waals surface area contributed by atoms with E-state index >= 15 is 0 Å². The molecule has 1 aromatic carbocycles. The number of Topliss-reactive ketones (excluding diaryl/α,β-unsaturated/α-hetero) is 1. The number of anilines is 1. The van der Waals surface area contributed by atoms with Crippen molar-refractivity contribution >= 4 is 27.4 Å². The van der Waals surface area contributed by atoms with Crippen molar-refractivity contribution < 1.29 is 4.79 Å². The number of rotatable bonds is 2. The lowest BCUT2D eigenvalue weighted by Gasteiger charge is -2.10. The number of nitrogens with one attached hydrogen (secondary N) is 1. The molecule has 0 saturated heterocycles. The third-order valence-electron chi connectivity index (χ3n) is 3.22. The van der Waals surface area contributed by atoms with Crippen LogP contribution in [0.5, 0.6) is 0 Å². The minimum Gasteiger partial charge on any atom is -0.374 e. The third-order valence-corrected chi connectivity index (χ3v) is 3.80. The predicted molar refractivity (Wildman–Crippen MR) is 72.8 cm³/mol. The summed E-state index contributed by atoms with van der Waals surface area (Å²) < 4.78 is 2.35. The Bertz CT molecular complexity index is 576. The fraction of sp³-hybridized carbons (Fsp3) is 0.231. The van der Waals surface area contributed by atoms with Gasteiger partial charge in [0.05, 0.1) is 16.7 Å². The zero-order valence-electron chi connectivity index (χ0n) is 9.85. The van der Waals surface area contributed by atoms with Crippen molar-refractivity contribution in [2.45, 2.75) is 12.5 Å². The van der Waals surface area contributed by atoms with Gasteiger partial charge in [0.1, 0.15) is 5.69 Å². The number of aryl methyl sites for hydroxylation is 1. The standard InChI is InChI=1S/C13H12BrN3O/c1-17-12(9(14)7-15-17)13(18)11-6-8-4-2-3-5-10(8)16-11/h2-5,7,11,16H,6H2,1H3. The van der Waals surface area contributed by atoms with Crippen LogP contribution < -0.4 is 5.32 Å². The lowest BCUT2D eigenvalue weighted by atomic mass is 10.1. The molecule has 1 unspecified atom stereocenters. The van der Waals surface area contributed by atoms with Crippen LogP contribution in [0, 0.1) is 0 Å². The van der Waals surface area contributed by atoms with Gasteiger partial charge in [0.25, 0.3) is 0 Å². The number of fused-ring (bicyclic) bond motifs is 1. The molecule has 1 N–H and O–H groups in total. The molecule has 0 spiro atoms. The highest BCUT2D eigenvalue weighted by molar-refractivity contribution is 9.10. The first-order chi connectivity index (χ1) is 8.66. The van der Waals surface area contributed by atoms with Gasteiger partial charge in [-0.3, -0.25) is 9.48 Å². The monoisotopic (exact) mass is 305 g/mol. The molecule has 0 aliphatic carbocycles. The number of carbonyl (C=O) groups is 1. The van der Waals surface area contributed by atoms with Crippen LogP contribution in [0.15, 0.2) is 34.9 Å². The maximum Gasteiger partial charge on any atom is 0.204 e. The van der Waals surface area contributed by atoms with E-state index in [1.54, 1.807) is 17.9 Å². The van der Waals surface area contributed by atoms with E-state index in [1.165, 1.54) is 5.56 Å². The van der Waals surface area contributed by atoms with Gasteiger partial charge in [-0.2, -0.15) is 5.10 Å². The molecule has 0 fully saturated rings. The van der Waals surface area contributed by atoms with Gasteiger partial charge < -0.3 is 5.32 Å². The topological polar surface area (TPSA) is 46.9 Å². The molecule has 92 valence electrons. The van der Waals surface area contributed by atoms with Crippen LogP contribution in [-0.4, -0.2) is 21.6 Å². The third kappa shape index (κ3) is 1.75. The van der Waals surface area contributed by atoms with Crippen molar-refractivity contribution in [3.05, 3.63) is 46.2 Å². The highest BCUT2D eigenvalue weighted by Crippen LogP contribution is 2.28. The molecule has 0 radical (unpaired) electrons. The molecule has 5 heteroatoms. The van der Waals surface area contributed by atoms with Crippen LogP contribution in [-0.2, 0) is 13.5 Å². The van der Waals surface area contributed by atoms with Gasteiger partial charge in [0, 0.05) is 19.2 Å². The maximum absolute atomic E-state index is 12.5. The average Bonchev–Trinajstić information content (AvgIpc) is 2.92. The SMILES string of the molecule is Cn1ncc(Br)c1C(=O)C1Cc2ccccc2N1. The van der Waals surface area contributed by atoms with Crippen molar-refractivity contribution in [2.75, 3.05) is 5.32 Å². The Hall–Kier alpha value is -1.62. The smallest absolute Gasteiger partial charge is 0.204 e. The molecular formula is C13H12BrN3O. The first-order valence-electron chi connectivity index (χ1n) is 5.73. The van der Waals surface area contributed by atoms with E-state index < -0.39 is 0 Å². The molecule has 18 heavy (non-hydrogen) atoms. The van der Waals surface area contributed by atoms with Crippen molar-refractivity contribution in [3.63, 3.8) is 0 Å². The molecule has 2 heterocycles. The number of benzene rings is 1. The summed E-state index contributed by atoms with van der Waals surface area (Å²) in [5, 5.41) is 7.34. The first-order valence-corrected chi connectivity index (χ1v) is 6.52. The summed E-state index contributed by atoms with van der Waals surface area (Å²) in [5.74, 6) is 0.0677. The Morgan fingerprint density at radius 3 is 2.94 bits per heavy atom. The van der Waals surface area contributed by atoms with E-state index in [4.69, 9.17) is 0 Å². The summed E-state index contributed by atoms with van der Waals surface area (Å²) in [6, 6.07) is 7.81. The van der Waals surface area contributed by atoms with Gasteiger partial charge in [0.15, 0.2) is 0 Å². The summed E-state index contributed by atoms with van der Waals surface area (Å²) in [6.45, 7) is 0. The minimum absolute atomic E-state index is 0.0677. The lowest BCUT2D eigenvalue weighted by Crippen LogP contribution is -2.29. The number of hydrogen-bond donors (Lipinski definition) is 1. The molecule has 0 amide bonds. The number of ketones is 1. The Kier molecular flexibility index (Phi) is 2.70. The van der Waals surface area contributed by atoms with E-state index in [0.29, 0.717) is 5.69 Å². The number of nitrogens with zero attached hydrogens (tertiary/aromatic N) is 2. The van der Waals surface area contributed by atoms with Crippen LogP contribution in [0.4, 0.5) is 5.69 Å². The molecule has 1 aliphatic rings. The number of carbonyl (C=O) groups excluding carboxylic acids is 1. The second kappa shape index (κ2) is 4.24. The molecule has 2 aromatic rings. The van der Waals surface area contributed by atoms with Crippen molar-refractivity contribution in [3.8, 4) is 0 Å². The normalized spacial score (nSPS) is 17.3. The van der Waals surface area contributed by atoms with Crippen molar-refractivity contribution in [1.29, 1.82) is 0 Å². The highest BCUT2D eigenvalue weighted by atomic mass is 79.9. The van der Waals surface area contributed by atoms with Gasteiger partial charge in [-0.25, -0.2) is 0 Å². The van der Waals surface area contributed by atoms with Crippen LogP contribution in [0.25, 0.3) is 0 Å². The quantitative estimate of drug-likeness (QED) is 0.867. The second-order valence-corrected chi connectivity index (χ2v) is 5.24. The van der Waals surface area contributed by atoms with Gasteiger partial charge in [0.2, 0.25) is 5.78 Å². The van der Waals surface area contributed by atoms with Crippen molar-refractivity contribution in [2.24, 2.45) is 7.05 Å². The Morgan fingerprint density at radius 2 is 2.28 bits per heavy atom. The van der Waals surface area contributed by atoms with Crippen molar-refractivity contribution in [1.82, 2.24) is 9.78 Å². The van der Waals surface area contributed by atoms with Crippen LogP contribution in [0.1, 0.15) is 16.1 Å². The summed E-state index contributed by atoms with van der Waals surface area (Å²) in [4.78, 5) is 12.5. The molecular weight excluding hydrogens is 294 g/mol. The molecule has 1 aliphatic heterocycles. The largest absolute Gasteiger partial charge is 0.374 e. The van der Waals surface area contributed by atoms with E-state index in [0.717, 1.165) is 16.6 Å². The average molecular weight is 306 g/mol. The second-order valence-electron chi connectivity index (χ2n) is 4.39. The minimum atomic E-state index is -0.200. The van der Waals surface area contributed by atoms with E-state index in [9.17, 15) is 4.79 Å². The highest BCUT2D eigenvalue weighted by Gasteiger charge is 2.30. The molecule has 3 rings (SSSR count). The molecule has 0 saturated carbocycles. The number of para-hydroxylation sites is 1. The fourth-order valence-corrected chi connectivity index (χ4v) is 2.85.